The Hall–Kier alpha value is -2.66. The Labute approximate surface area is 230 Å². The molecule has 1 N–H and O–H groups in total. The molecule has 2 fully saturated rings. The van der Waals surface area contributed by atoms with Crippen molar-refractivity contribution < 1.29 is 9.47 Å². The minimum absolute atomic E-state index is 0.00503. The third-order valence-corrected chi connectivity index (χ3v) is 8.03. The lowest BCUT2D eigenvalue weighted by molar-refractivity contribution is 0.0347. The number of fused-ring (bicyclic) bond motifs is 1. The monoisotopic (exact) mass is 537 g/mol. The van der Waals surface area contributed by atoms with Crippen molar-refractivity contribution in [2.75, 3.05) is 46.0 Å². The lowest BCUT2D eigenvalue weighted by Gasteiger charge is -2.32. The zero-order valence-electron chi connectivity index (χ0n) is 23.7. The molecule has 2 aliphatic rings. The molecule has 0 bridgehead atoms. The summed E-state index contributed by atoms with van der Waals surface area (Å²) in [6.07, 6.45) is 5.16. The molecule has 0 saturated carbocycles. The molecule has 0 aliphatic carbocycles. The van der Waals surface area contributed by atoms with Crippen LogP contribution < -0.4 is 5.56 Å². The second-order valence-corrected chi connectivity index (χ2v) is 11.1. The number of pyridine rings is 1. The van der Waals surface area contributed by atoms with Gasteiger partial charge in [0.15, 0.2) is 5.82 Å². The van der Waals surface area contributed by atoms with E-state index >= 15 is 0 Å². The van der Waals surface area contributed by atoms with Crippen LogP contribution in [0.3, 0.4) is 0 Å². The number of hydrogen-bond acceptors (Lipinski definition) is 8. The second kappa shape index (κ2) is 13.1. The smallest absolute Gasteiger partial charge is 0.252 e. The van der Waals surface area contributed by atoms with Crippen LogP contribution in [0.1, 0.15) is 67.6 Å². The normalized spacial score (nSPS) is 19.3. The molecule has 39 heavy (non-hydrogen) atoms. The number of H-pyrrole nitrogens is 1. The standard InChI is InChI=1S/C29H43N7O3/c1-4-7-26(28-31-32-33-36(28)20-25-8-5-13-39-25)35(10-6-9-34-11-14-38-15-12-34)19-24-18-23-17-21(2)16-22(3)27(23)30-29(24)37/h16-18,25-26H,4-15,19-20H2,1-3H3,(H,30,37)/t25-,26+/m0/s1. The van der Waals surface area contributed by atoms with E-state index in [4.69, 9.17) is 9.47 Å². The highest BCUT2D eigenvalue weighted by Crippen LogP contribution is 2.28. The summed E-state index contributed by atoms with van der Waals surface area (Å²) >= 11 is 0. The van der Waals surface area contributed by atoms with Crippen molar-refractivity contribution in [3.8, 4) is 0 Å². The van der Waals surface area contributed by atoms with Gasteiger partial charge in [-0.05, 0) is 79.6 Å². The third kappa shape index (κ3) is 6.92. The minimum atomic E-state index is -0.0261. The van der Waals surface area contributed by atoms with E-state index in [1.165, 1.54) is 5.56 Å². The van der Waals surface area contributed by atoms with Crippen LogP contribution >= 0.6 is 0 Å². The Morgan fingerprint density at radius 2 is 2.03 bits per heavy atom. The van der Waals surface area contributed by atoms with Gasteiger partial charge >= 0.3 is 0 Å². The van der Waals surface area contributed by atoms with Crippen LogP contribution in [0.4, 0.5) is 0 Å². The summed E-state index contributed by atoms with van der Waals surface area (Å²) in [4.78, 5) is 21.4. The molecule has 2 aliphatic heterocycles. The average molecular weight is 538 g/mol. The number of ether oxygens (including phenoxy) is 2. The van der Waals surface area contributed by atoms with Gasteiger partial charge in [0, 0.05) is 38.3 Å². The molecule has 5 rings (SSSR count). The topological polar surface area (TPSA) is 101 Å². The number of aromatic amines is 1. The first-order valence-electron chi connectivity index (χ1n) is 14.6. The van der Waals surface area contributed by atoms with Crippen molar-refractivity contribution in [1.82, 2.24) is 35.0 Å². The summed E-state index contributed by atoms with van der Waals surface area (Å²) in [6.45, 7) is 13.7. The lowest BCUT2D eigenvalue weighted by Crippen LogP contribution is -2.39. The van der Waals surface area contributed by atoms with E-state index in [9.17, 15) is 4.79 Å². The Morgan fingerprint density at radius 3 is 2.79 bits per heavy atom. The van der Waals surface area contributed by atoms with Crippen LogP contribution in [-0.4, -0.2) is 87.1 Å². The molecule has 0 amide bonds. The first kappa shape index (κ1) is 27.9. The third-order valence-electron chi connectivity index (χ3n) is 8.03. The molecule has 0 radical (unpaired) electrons. The maximum atomic E-state index is 13.3. The molecular formula is C29H43N7O3. The van der Waals surface area contributed by atoms with Gasteiger partial charge in [-0.15, -0.1) is 5.10 Å². The maximum Gasteiger partial charge on any atom is 0.252 e. The molecule has 4 heterocycles. The van der Waals surface area contributed by atoms with E-state index in [0.717, 1.165) is 106 Å². The summed E-state index contributed by atoms with van der Waals surface area (Å²) in [5.74, 6) is 0.864. The van der Waals surface area contributed by atoms with Gasteiger partial charge in [0.2, 0.25) is 0 Å². The van der Waals surface area contributed by atoms with Gasteiger partial charge in [0.05, 0.1) is 37.4 Å². The van der Waals surface area contributed by atoms with Crippen LogP contribution in [0, 0.1) is 13.8 Å². The van der Waals surface area contributed by atoms with Crippen molar-refractivity contribution in [2.45, 2.75) is 78.1 Å². The van der Waals surface area contributed by atoms with Crippen molar-refractivity contribution in [3.05, 3.63) is 51.1 Å². The molecule has 2 atom stereocenters. The molecule has 10 heteroatoms. The van der Waals surface area contributed by atoms with E-state index in [2.05, 4.69) is 62.4 Å². The van der Waals surface area contributed by atoms with Crippen LogP contribution in [0.5, 0.6) is 0 Å². The van der Waals surface area contributed by atoms with E-state index < -0.39 is 0 Å². The van der Waals surface area contributed by atoms with Gasteiger partial charge in [-0.1, -0.05) is 25.0 Å². The van der Waals surface area contributed by atoms with E-state index in [-0.39, 0.29) is 17.7 Å². The minimum Gasteiger partial charge on any atom is -0.379 e. The van der Waals surface area contributed by atoms with Crippen LogP contribution in [0.15, 0.2) is 23.0 Å². The number of nitrogens with one attached hydrogen (secondary N) is 1. The molecule has 1 aromatic carbocycles. The number of nitrogens with zero attached hydrogens (tertiary/aromatic N) is 6. The van der Waals surface area contributed by atoms with E-state index in [1.54, 1.807) is 0 Å². The molecule has 2 aromatic heterocycles. The summed E-state index contributed by atoms with van der Waals surface area (Å²) in [7, 11) is 0. The molecule has 10 nitrogen and oxygen atoms in total. The highest BCUT2D eigenvalue weighted by molar-refractivity contribution is 5.82. The number of tetrazole rings is 1. The van der Waals surface area contributed by atoms with Crippen molar-refractivity contribution in [1.29, 1.82) is 0 Å². The largest absolute Gasteiger partial charge is 0.379 e. The number of hydrogen-bond donors (Lipinski definition) is 1. The summed E-state index contributed by atoms with van der Waals surface area (Å²) in [6, 6.07) is 6.34. The Balaban J connectivity index is 1.43. The van der Waals surface area contributed by atoms with Gasteiger partial charge in [-0.3, -0.25) is 14.6 Å². The second-order valence-electron chi connectivity index (χ2n) is 11.1. The number of benzene rings is 1. The Kier molecular flexibility index (Phi) is 9.39. The molecule has 0 spiro atoms. The van der Waals surface area contributed by atoms with Crippen LogP contribution in [-0.2, 0) is 22.6 Å². The number of aryl methyl sites for hydroxylation is 2. The van der Waals surface area contributed by atoms with Crippen molar-refractivity contribution in [2.24, 2.45) is 0 Å². The van der Waals surface area contributed by atoms with Gasteiger partial charge in [0.25, 0.3) is 5.56 Å². The molecule has 212 valence electrons. The molecule has 2 saturated heterocycles. The molecule has 0 unspecified atom stereocenters. The SMILES string of the molecule is CCC[C@H](c1nnnn1C[C@@H]1CCCO1)N(CCCN1CCOCC1)Cc1cc2cc(C)cc(C)c2[nH]c1=O. The number of rotatable bonds is 12. The average Bonchev–Trinajstić information content (AvgIpc) is 3.61. The predicted octanol–water partition coefficient (Wildman–Crippen LogP) is 3.38. The lowest BCUT2D eigenvalue weighted by atomic mass is 10.0. The fourth-order valence-corrected chi connectivity index (χ4v) is 6.05. The van der Waals surface area contributed by atoms with Crippen molar-refractivity contribution in [3.63, 3.8) is 0 Å². The Bertz CT molecular complexity index is 1280. The predicted molar refractivity (Wildman–Crippen MR) is 151 cm³/mol. The quantitative estimate of drug-likeness (QED) is 0.375. The summed E-state index contributed by atoms with van der Waals surface area (Å²) in [5.41, 5.74) is 3.95. The highest BCUT2D eigenvalue weighted by Gasteiger charge is 2.28. The van der Waals surface area contributed by atoms with Gasteiger partial charge in [-0.25, -0.2) is 4.68 Å². The highest BCUT2D eigenvalue weighted by atomic mass is 16.5. The zero-order valence-corrected chi connectivity index (χ0v) is 23.7. The summed E-state index contributed by atoms with van der Waals surface area (Å²) in [5, 5.41) is 14.0. The van der Waals surface area contributed by atoms with Gasteiger partial charge in [0.1, 0.15) is 0 Å². The Morgan fingerprint density at radius 1 is 1.18 bits per heavy atom. The van der Waals surface area contributed by atoms with Crippen LogP contribution in [0.25, 0.3) is 10.9 Å². The van der Waals surface area contributed by atoms with Gasteiger partial charge < -0.3 is 14.5 Å². The van der Waals surface area contributed by atoms with Crippen LogP contribution in [0.2, 0.25) is 0 Å². The zero-order chi connectivity index (χ0) is 27.2. The van der Waals surface area contributed by atoms with E-state index in [1.807, 2.05) is 11.6 Å². The first-order chi connectivity index (χ1) is 19.0. The maximum absolute atomic E-state index is 13.3. The number of morpholine rings is 1. The summed E-state index contributed by atoms with van der Waals surface area (Å²) < 4.78 is 13.4. The molecule has 3 aromatic rings. The number of aromatic nitrogens is 5. The van der Waals surface area contributed by atoms with Gasteiger partial charge in [-0.2, -0.15) is 0 Å². The fraction of sp³-hybridized carbons (Fsp3) is 0.655. The van der Waals surface area contributed by atoms with Crippen molar-refractivity contribution >= 4 is 10.9 Å². The van der Waals surface area contributed by atoms with E-state index in [0.29, 0.717) is 13.1 Å². The fourth-order valence-electron chi connectivity index (χ4n) is 6.05. The molecular weight excluding hydrogens is 494 g/mol. The first-order valence-corrected chi connectivity index (χ1v) is 14.6.